The lowest BCUT2D eigenvalue weighted by Crippen LogP contribution is -2.30. The van der Waals surface area contributed by atoms with Gasteiger partial charge in [-0.05, 0) is 67.9 Å². The van der Waals surface area contributed by atoms with E-state index in [4.69, 9.17) is 9.15 Å². The second-order valence-electron chi connectivity index (χ2n) is 8.23. The van der Waals surface area contributed by atoms with Gasteiger partial charge in [-0.2, -0.15) is 0 Å². The van der Waals surface area contributed by atoms with Crippen LogP contribution in [0.25, 0.3) is 0 Å². The van der Waals surface area contributed by atoms with Gasteiger partial charge in [0.1, 0.15) is 5.76 Å². The summed E-state index contributed by atoms with van der Waals surface area (Å²) in [4.78, 5) is 25.1. The number of esters is 1. The van der Waals surface area contributed by atoms with Crippen molar-refractivity contribution < 1.29 is 35.6 Å². The Morgan fingerprint density at radius 2 is 1.65 bits per heavy atom. The third-order valence-corrected chi connectivity index (χ3v) is 8.54. The second-order valence-corrected chi connectivity index (χ2v) is 12.1. The largest absolute Gasteiger partial charge is 0.468 e. The lowest BCUT2D eigenvalue weighted by atomic mass is 10.2. The van der Waals surface area contributed by atoms with Gasteiger partial charge >= 0.3 is 5.97 Å². The molecule has 0 spiro atoms. The number of hydrogen-bond donors (Lipinski definition) is 2. The van der Waals surface area contributed by atoms with Crippen LogP contribution in [0.1, 0.15) is 28.6 Å². The zero-order valence-corrected chi connectivity index (χ0v) is 22.2. The third kappa shape index (κ3) is 6.83. The van der Waals surface area contributed by atoms with E-state index in [2.05, 4.69) is 10.0 Å². The van der Waals surface area contributed by atoms with E-state index in [0.717, 1.165) is 4.31 Å². The number of sulfonamides is 2. The van der Waals surface area contributed by atoms with Crippen molar-refractivity contribution in [2.24, 2.45) is 0 Å². The van der Waals surface area contributed by atoms with E-state index < -0.39 is 38.0 Å². The van der Waals surface area contributed by atoms with Crippen molar-refractivity contribution in [2.75, 3.05) is 19.4 Å². The molecule has 1 unspecified atom stereocenters. The molecule has 1 aromatic heterocycles. The Bertz CT molecular complexity index is 1480. The average molecular weight is 550 g/mol. The summed E-state index contributed by atoms with van der Waals surface area (Å²) in [6.07, 6.45) is 0.207. The van der Waals surface area contributed by atoms with E-state index >= 15 is 0 Å². The van der Waals surface area contributed by atoms with Crippen molar-refractivity contribution >= 4 is 37.6 Å². The molecule has 1 heterocycles. The Morgan fingerprint density at radius 3 is 2.24 bits per heavy atom. The summed E-state index contributed by atoms with van der Waals surface area (Å²) >= 11 is 0. The fraction of sp³-hybridized carbons (Fsp3) is 0.250. The summed E-state index contributed by atoms with van der Waals surface area (Å²) in [7, 11) is -4.76. The predicted molar refractivity (Wildman–Crippen MR) is 135 cm³/mol. The van der Waals surface area contributed by atoms with E-state index in [1.165, 1.54) is 63.7 Å². The molecule has 0 aliphatic rings. The minimum absolute atomic E-state index is 0.00302. The summed E-state index contributed by atoms with van der Waals surface area (Å²) < 4.78 is 63.4. The van der Waals surface area contributed by atoms with Gasteiger partial charge in [0.25, 0.3) is 5.91 Å². The van der Waals surface area contributed by atoms with Gasteiger partial charge in [-0.25, -0.2) is 30.7 Å². The summed E-state index contributed by atoms with van der Waals surface area (Å²) in [5.41, 5.74) is 0.911. The zero-order valence-electron chi connectivity index (χ0n) is 20.6. The monoisotopic (exact) mass is 549 g/mol. The van der Waals surface area contributed by atoms with E-state index in [9.17, 15) is 26.4 Å². The molecule has 0 radical (unpaired) electrons. The van der Waals surface area contributed by atoms with Crippen LogP contribution in [0, 0.1) is 6.92 Å². The first-order valence-corrected chi connectivity index (χ1v) is 13.9. The molecule has 0 aliphatic carbocycles. The van der Waals surface area contributed by atoms with Gasteiger partial charge in [0.2, 0.25) is 20.0 Å². The van der Waals surface area contributed by atoms with Gasteiger partial charge in [-0.3, -0.25) is 4.79 Å². The van der Waals surface area contributed by atoms with Gasteiger partial charge in [0.05, 0.1) is 28.2 Å². The van der Waals surface area contributed by atoms with Crippen LogP contribution < -0.4 is 10.0 Å². The number of carbonyl (C=O) groups is 2. The maximum Gasteiger partial charge on any atom is 0.338 e. The van der Waals surface area contributed by atoms with Gasteiger partial charge in [0.15, 0.2) is 6.10 Å². The fourth-order valence-electron chi connectivity index (χ4n) is 3.06. The predicted octanol–water partition coefficient (Wildman–Crippen LogP) is 2.50. The molecule has 13 heteroatoms. The van der Waals surface area contributed by atoms with Crippen molar-refractivity contribution in [1.29, 1.82) is 0 Å². The Kier molecular flexibility index (Phi) is 8.53. The number of rotatable bonds is 10. The van der Waals surface area contributed by atoms with Crippen molar-refractivity contribution in [3.05, 3.63) is 77.7 Å². The molecule has 37 heavy (non-hydrogen) atoms. The molecule has 0 fully saturated rings. The van der Waals surface area contributed by atoms with Crippen LogP contribution in [0.5, 0.6) is 0 Å². The number of benzene rings is 2. The third-order valence-electron chi connectivity index (χ3n) is 5.32. The Morgan fingerprint density at radius 1 is 1.00 bits per heavy atom. The van der Waals surface area contributed by atoms with Gasteiger partial charge in [-0.15, -0.1) is 0 Å². The van der Waals surface area contributed by atoms with Crippen LogP contribution in [-0.2, 0) is 36.1 Å². The Hall–Kier alpha value is -3.52. The van der Waals surface area contributed by atoms with Gasteiger partial charge in [-0.1, -0.05) is 6.07 Å². The Balaban J connectivity index is 1.64. The highest BCUT2D eigenvalue weighted by Crippen LogP contribution is 2.22. The number of ether oxygens (including phenoxy) is 1. The molecular formula is C24H27N3O8S2. The first kappa shape index (κ1) is 28.1. The van der Waals surface area contributed by atoms with Crippen molar-refractivity contribution in [1.82, 2.24) is 9.03 Å². The van der Waals surface area contributed by atoms with Crippen LogP contribution in [0.15, 0.2) is 75.1 Å². The van der Waals surface area contributed by atoms with Crippen LogP contribution in [0.4, 0.5) is 5.69 Å². The number of nitrogens with zero attached hydrogens (tertiary/aromatic N) is 1. The minimum Gasteiger partial charge on any atom is -0.468 e. The lowest BCUT2D eigenvalue weighted by Gasteiger charge is -2.17. The minimum atomic E-state index is -3.85. The number of furan rings is 1. The number of nitrogens with one attached hydrogen (secondary N) is 2. The smallest absolute Gasteiger partial charge is 0.338 e. The first-order valence-electron chi connectivity index (χ1n) is 11.0. The molecule has 3 rings (SSSR count). The highest BCUT2D eigenvalue weighted by molar-refractivity contribution is 7.89. The average Bonchev–Trinajstić information content (AvgIpc) is 3.38. The van der Waals surface area contributed by atoms with Crippen molar-refractivity contribution in [3.63, 3.8) is 0 Å². The summed E-state index contributed by atoms with van der Waals surface area (Å²) in [5.74, 6) is -1.06. The SMILES string of the molecule is Cc1ccc(S(=O)(=O)N(C)C)cc1NC(=O)C(C)OC(=O)c1ccc(S(=O)(=O)NCc2ccco2)cc1. The van der Waals surface area contributed by atoms with Crippen LogP contribution in [0.3, 0.4) is 0 Å². The van der Waals surface area contributed by atoms with Crippen molar-refractivity contribution in [2.45, 2.75) is 36.3 Å². The summed E-state index contributed by atoms with van der Waals surface area (Å²) in [6, 6.07) is 12.6. The van der Waals surface area contributed by atoms with Crippen LogP contribution in [0.2, 0.25) is 0 Å². The van der Waals surface area contributed by atoms with E-state index in [1.807, 2.05) is 0 Å². The molecule has 0 bridgehead atoms. The normalized spacial score (nSPS) is 12.8. The molecule has 0 saturated heterocycles. The zero-order chi connectivity index (χ0) is 27.4. The lowest BCUT2D eigenvalue weighted by molar-refractivity contribution is -0.123. The highest BCUT2D eigenvalue weighted by atomic mass is 32.2. The van der Waals surface area contributed by atoms with Crippen LogP contribution >= 0.6 is 0 Å². The number of carbonyl (C=O) groups excluding carboxylic acids is 2. The molecule has 2 N–H and O–H groups in total. The van der Waals surface area contributed by atoms with E-state index in [0.29, 0.717) is 11.3 Å². The molecule has 11 nitrogen and oxygen atoms in total. The van der Waals surface area contributed by atoms with E-state index in [-0.39, 0.29) is 27.6 Å². The quantitative estimate of drug-likeness (QED) is 0.366. The second kappa shape index (κ2) is 11.3. The number of aryl methyl sites for hydroxylation is 1. The topological polar surface area (TPSA) is 152 Å². The molecular weight excluding hydrogens is 522 g/mol. The van der Waals surface area contributed by atoms with E-state index in [1.54, 1.807) is 25.1 Å². The highest BCUT2D eigenvalue weighted by Gasteiger charge is 2.23. The molecule has 2 aromatic carbocycles. The standard InChI is InChI=1S/C24H27N3O8S2/c1-16-7-10-21(37(32,33)27(3)4)14-22(16)26-23(28)17(2)35-24(29)18-8-11-20(12-9-18)36(30,31)25-15-19-6-5-13-34-19/h5-14,17,25H,15H2,1-4H3,(H,26,28). The van der Waals surface area contributed by atoms with Gasteiger partial charge in [0, 0.05) is 19.8 Å². The Labute approximate surface area is 215 Å². The number of amides is 1. The molecule has 198 valence electrons. The molecule has 1 atom stereocenters. The number of hydrogen-bond acceptors (Lipinski definition) is 8. The maximum atomic E-state index is 12.6. The summed E-state index contributed by atoms with van der Waals surface area (Å²) in [5, 5.41) is 2.58. The van der Waals surface area contributed by atoms with Crippen molar-refractivity contribution in [3.8, 4) is 0 Å². The molecule has 3 aromatic rings. The first-order chi connectivity index (χ1) is 17.3. The molecule has 0 saturated carbocycles. The maximum absolute atomic E-state index is 12.6. The van der Waals surface area contributed by atoms with Gasteiger partial charge < -0.3 is 14.5 Å². The fourth-order valence-corrected chi connectivity index (χ4v) is 4.98. The summed E-state index contributed by atoms with van der Waals surface area (Å²) in [6.45, 7) is 3.02. The molecule has 0 aliphatic heterocycles. The number of anilines is 1. The molecule has 1 amide bonds. The van der Waals surface area contributed by atoms with Crippen LogP contribution in [-0.4, -0.2) is 53.2 Å².